The lowest BCUT2D eigenvalue weighted by Gasteiger charge is -2.49. The molecule has 0 aromatic heterocycles. The van der Waals surface area contributed by atoms with Crippen LogP contribution in [0.4, 0.5) is 0 Å². The fourth-order valence-corrected chi connectivity index (χ4v) is 15.8. The number of carbonyl (C=O) groups is 2. The van der Waals surface area contributed by atoms with Crippen LogP contribution in [-0.4, -0.2) is 414 Å². The van der Waals surface area contributed by atoms with E-state index in [0.29, 0.717) is 25.7 Å². The summed E-state index contributed by atoms with van der Waals surface area (Å²) in [7, 11) is -5.88. The number of hydrogen-bond donors (Lipinski definition) is 24. The van der Waals surface area contributed by atoms with Gasteiger partial charge in [0, 0.05) is 12.8 Å². The summed E-state index contributed by atoms with van der Waals surface area (Å²) in [6, 6.07) is 0. The second kappa shape index (κ2) is 53.3. The number of ether oxygens (including phenoxy) is 14. The molecule has 0 bridgehead atoms. The lowest BCUT2D eigenvalue weighted by Crippen LogP contribution is -2.69. The highest BCUT2D eigenvalue weighted by atomic mass is 31.2. The Morgan fingerprint density at radius 1 is 0.331 bits per heavy atom. The van der Waals surface area contributed by atoms with Crippen LogP contribution in [0.5, 0.6) is 0 Å². The summed E-state index contributed by atoms with van der Waals surface area (Å²) in [6.45, 7) is -2.99. The Bertz CT molecular complexity index is 2990. The minimum atomic E-state index is -5.88. The van der Waals surface area contributed by atoms with Gasteiger partial charge in [0.15, 0.2) is 43.8 Å². The molecule has 706 valence electrons. The van der Waals surface area contributed by atoms with Crippen LogP contribution < -0.4 is 0 Å². The smallest absolute Gasteiger partial charge is 0.462 e. The molecule has 0 spiro atoms. The van der Waals surface area contributed by atoms with Crippen molar-refractivity contribution < 1.29 is 212 Å². The minimum absolute atomic E-state index is 0.0487. The number of carbonyl (C=O) groups excluding carboxylic acids is 2. The second-order valence-electron chi connectivity index (χ2n) is 31.9. The Balaban J connectivity index is 1.01. The third-order valence-corrected chi connectivity index (χ3v) is 23.4. The van der Waals surface area contributed by atoms with Crippen LogP contribution in [0.1, 0.15) is 168 Å². The molecular formula is C77H135O43P. The highest BCUT2D eigenvalue weighted by Crippen LogP contribution is 2.49. The third-order valence-electron chi connectivity index (χ3n) is 22.4. The van der Waals surface area contributed by atoms with Gasteiger partial charge in [-0.1, -0.05) is 134 Å². The predicted octanol–water partition coefficient (Wildman–Crippen LogP) is -5.78. The molecule has 7 rings (SSSR count). The molecular weight excluding hydrogens is 1640 g/mol. The minimum Gasteiger partial charge on any atom is -0.462 e. The van der Waals surface area contributed by atoms with E-state index in [9.17, 15) is 136 Å². The van der Waals surface area contributed by atoms with Crippen molar-refractivity contribution in [2.75, 3.05) is 52.9 Å². The number of phosphoric acid groups is 1. The summed E-state index contributed by atoms with van der Waals surface area (Å²) in [5.74, 6) is -1.52. The molecule has 24 N–H and O–H groups in total. The Morgan fingerprint density at radius 3 is 0.992 bits per heavy atom. The number of esters is 2. The van der Waals surface area contributed by atoms with Gasteiger partial charge in [-0.2, -0.15) is 0 Å². The van der Waals surface area contributed by atoms with E-state index < -0.39 is 300 Å². The first-order chi connectivity index (χ1) is 57.7. The van der Waals surface area contributed by atoms with Crippen molar-refractivity contribution in [2.24, 2.45) is 0 Å². The molecule has 44 heteroatoms. The maximum Gasteiger partial charge on any atom is 0.472 e. The van der Waals surface area contributed by atoms with E-state index in [1.165, 1.54) is 32.1 Å². The fraction of sp³-hybridized carbons (Fsp3) is 0.922. The van der Waals surface area contributed by atoms with Crippen molar-refractivity contribution in [1.29, 1.82) is 0 Å². The molecule has 1 saturated carbocycles. The highest BCUT2D eigenvalue weighted by Gasteiger charge is 2.60. The summed E-state index contributed by atoms with van der Waals surface area (Å²) < 4.78 is 104. The van der Waals surface area contributed by atoms with Crippen LogP contribution in [0.25, 0.3) is 0 Å². The van der Waals surface area contributed by atoms with Crippen molar-refractivity contribution in [1.82, 2.24) is 0 Å². The summed E-state index contributed by atoms with van der Waals surface area (Å²) in [6.07, 6.45) is -47.8. The molecule has 7 aliphatic rings. The Morgan fingerprint density at radius 2 is 0.620 bits per heavy atom. The maximum atomic E-state index is 14.5. The van der Waals surface area contributed by atoms with Gasteiger partial charge in [-0.05, 0) is 44.9 Å². The van der Waals surface area contributed by atoms with Gasteiger partial charge in [0.05, 0.1) is 46.2 Å². The first kappa shape index (κ1) is 105. The fourth-order valence-electron chi connectivity index (χ4n) is 14.8. The number of aliphatic hydroxyl groups excluding tert-OH is 23. The van der Waals surface area contributed by atoms with E-state index in [0.717, 1.165) is 83.5 Å². The number of rotatable bonds is 52. The summed E-state index contributed by atoms with van der Waals surface area (Å²) in [5, 5.41) is 250. The van der Waals surface area contributed by atoms with Crippen LogP contribution >= 0.6 is 7.82 Å². The standard InChI is InChI=1S/C77H135O43P/c1-3-5-7-9-11-13-15-16-17-18-20-21-23-25-27-29-46(80)105-33-39(111-47(81)30-28-26-24-22-19-14-12-10-8-6-4-2)34-110-121(103,104)120-71-69(118-76-67(101)55(89)49(83)41(32-79)113-76)61(95)60(94)62(96)70(71)119-77-68(102)59(93)53(87)45(117-77)38-109-75-66(100)58(92)52(86)44(116-75)37-108-74-65(99)57(91)51(85)43(115-74)36-107-73-64(98)56(90)50(84)42(114-73)35-106-72-63(97)54(88)48(82)40(31-78)112-72/h11,13,16-17,39-45,48-79,82-102H,3-10,12,14-15,18-38H2,1-2H3,(H,103,104)/b13-11-,17-16-/t39-,40?,41?,42?,43?,44?,45?,48+,49-,50+,51+,52+,53+,54?,55?,56?,57?,58?,59?,60+,61?,62?,63+,64+,65+,66+,67-,68+,69-,70?,71+,72-,73-,74-,75-,76-,77+/m1/s1. The molecule has 1 aliphatic carbocycles. The van der Waals surface area contributed by atoms with E-state index in [-0.39, 0.29) is 12.8 Å². The molecule has 16 unspecified atom stereocenters. The average molecular weight is 1780 g/mol. The van der Waals surface area contributed by atoms with Gasteiger partial charge >= 0.3 is 19.8 Å². The molecule has 0 aromatic rings. The molecule has 0 radical (unpaired) electrons. The van der Waals surface area contributed by atoms with E-state index in [4.69, 9.17) is 75.4 Å². The van der Waals surface area contributed by atoms with Crippen molar-refractivity contribution in [3.8, 4) is 0 Å². The summed E-state index contributed by atoms with van der Waals surface area (Å²) >= 11 is 0. The van der Waals surface area contributed by atoms with Crippen LogP contribution in [0.15, 0.2) is 24.3 Å². The number of unbranched alkanes of at least 4 members (excludes halogenated alkanes) is 18. The van der Waals surface area contributed by atoms with Gasteiger partial charge in [-0.3, -0.25) is 18.6 Å². The first-order valence-electron chi connectivity index (χ1n) is 42.2. The third kappa shape index (κ3) is 31.2. The normalized spacial score (nSPS) is 40.2. The monoisotopic (exact) mass is 1780 g/mol. The molecule has 6 saturated heterocycles. The van der Waals surface area contributed by atoms with E-state index in [1.54, 1.807) is 0 Å². The van der Waals surface area contributed by atoms with Gasteiger partial charge < -0.3 is 189 Å². The topological polar surface area (TPSA) is 684 Å². The molecule has 7 fully saturated rings. The van der Waals surface area contributed by atoms with E-state index in [1.807, 2.05) is 0 Å². The number of hydrogen-bond acceptors (Lipinski definition) is 42. The van der Waals surface area contributed by atoms with Crippen LogP contribution in [0, 0.1) is 0 Å². The lowest BCUT2D eigenvalue weighted by atomic mass is 9.84. The van der Waals surface area contributed by atoms with Gasteiger partial charge in [0.25, 0.3) is 0 Å². The summed E-state index contributed by atoms with van der Waals surface area (Å²) in [4.78, 5) is 38.3. The Labute approximate surface area is 701 Å². The zero-order chi connectivity index (χ0) is 88.8. The van der Waals surface area contributed by atoms with Crippen molar-refractivity contribution in [3.63, 3.8) is 0 Å². The quantitative estimate of drug-likeness (QED) is 0.0117. The van der Waals surface area contributed by atoms with Crippen molar-refractivity contribution in [3.05, 3.63) is 24.3 Å². The Kier molecular flexibility index (Phi) is 46.3. The molecule has 6 aliphatic heterocycles. The highest BCUT2D eigenvalue weighted by molar-refractivity contribution is 7.47. The molecule has 0 aromatic carbocycles. The zero-order valence-electron chi connectivity index (χ0n) is 68.2. The number of allylic oxidation sites excluding steroid dienone is 4. The molecule has 121 heavy (non-hydrogen) atoms. The first-order valence-corrected chi connectivity index (χ1v) is 43.7. The van der Waals surface area contributed by atoms with Crippen molar-refractivity contribution >= 4 is 19.8 Å². The van der Waals surface area contributed by atoms with Gasteiger partial charge in [-0.15, -0.1) is 0 Å². The van der Waals surface area contributed by atoms with E-state index >= 15 is 0 Å². The van der Waals surface area contributed by atoms with E-state index in [2.05, 4.69) is 38.2 Å². The van der Waals surface area contributed by atoms with Gasteiger partial charge in [-0.25, -0.2) is 4.57 Å². The van der Waals surface area contributed by atoms with Crippen LogP contribution in [0.3, 0.4) is 0 Å². The summed E-state index contributed by atoms with van der Waals surface area (Å²) in [5.41, 5.74) is 0. The van der Waals surface area contributed by atoms with Gasteiger partial charge in [0.2, 0.25) is 0 Å². The maximum absolute atomic E-state index is 14.5. The molecule has 43 nitrogen and oxygen atoms in total. The second-order valence-corrected chi connectivity index (χ2v) is 33.3. The zero-order valence-corrected chi connectivity index (χ0v) is 69.1. The largest absolute Gasteiger partial charge is 0.472 e. The number of aliphatic hydroxyl groups is 23. The number of phosphoric ester groups is 1. The molecule has 0 amide bonds. The van der Waals surface area contributed by atoms with Gasteiger partial charge in [0.1, 0.15) is 190 Å². The van der Waals surface area contributed by atoms with Crippen LogP contribution in [-0.2, 0) is 89.5 Å². The van der Waals surface area contributed by atoms with Crippen molar-refractivity contribution in [2.45, 2.75) is 395 Å². The Hall–Kier alpha value is -2.87. The molecule has 38 atom stereocenters. The molecule has 6 heterocycles. The average Bonchev–Trinajstić information content (AvgIpc) is 0.757. The lowest BCUT2D eigenvalue weighted by molar-refractivity contribution is -0.365. The predicted molar refractivity (Wildman–Crippen MR) is 408 cm³/mol. The SMILES string of the molecule is CCCCC/C=C\C/C=C\CCCCCCCC(=O)OC[C@H](COP(=O)(O)O[C@@H]1C(O[C@@H]2OC(CO[C@@H]3OC(CO[C@@H]4OC(CO[C@@H]5OC(CO[C@@H]6OC(CO)[C@H](O)C(O)[C@@H]6O)[C@H](O)C(O)[C@@H]5O)[C@H](O)C(O)[C@@H]4O)[C@H](O)C(O)[C@@H]3O)[C@H](O)C(O)[C@@H]2O)C(O)[C@@H](O)C(O)[C@H]1O[C@H]1OC(CO)[C@@H](O)C(O)[C@H]1O)OC(=O)CCCCCCCCCCCCC. The van der Waals surface area contributed by atoms with Crippen LogP contribution in [0.2, 0.25) is 0 Å².